The second kappa shape index (κ2) is 12.3. The van der Waals surface area contributed by atoms with Crippen molar-refractivity contribution in [3.05, 3.63) is 53.6 Å². The average Bonchev–Trinajstić information content (AvgIpc) is 3.29. The van der Waals surface area contributed by atoms with Crippen molar-refractivity contribution >= 4 is 27.5 Å². The zero-order valence-corrected chi connectivity index (χ0v) is 23.0. The lowest BCUT2D eigenvalue weighted by Gasteiger charge is -2.32. The van der Waals surface area contributed by atoms with Crippen LogP contribution in [0.4, 0.5) is 5.69 Å². The number of anilines is 1. The van der Waals surface area contributed by atoms with Gasteiger partial charge in [0.05, 0.1) is 11.9 Å². The van der Waals surface area contributed by atoms with Gasteiger partial charge in [-0.25, -0.2) is 8.42 Å². The Morgan fingerprint density at radius 3 is 2.43 bits per heavy atom. The number of nitrogens with zero attached hydrogens (tertiary/aromatic N) is 2. The SMILES string of the molecule is CC[C@@H](C(=O)NC(C)C)N(Cc1ccccc1C)C(=O)CCCN(c1ccc2c(c1)OCO2)S(C)(=O)=O. The summed E-state index contributed by atoms with van der Waals surface area (Å²) in [5.74, 6) is 0.642. The minimum absolute atomic E-state index is 0.0537. The van der Waals surface area contributed by atoms with Crippen LogP contribution in [0.5, 0.6) is 11.5 Å². The Kier molecular flexibility index (Phi) is 9.42. The summed E-state index contributed by atoms with van der Waals surface area (Å²) in [6, 6.07) is 12.0. The zero-order valence-electron chi connectivity index (χ0n) is 22.2. The number of ether oxygens (including phenoxy) is 2. The molecule has 37 heavy (non-hydrogen) atoms. The Labute approximate surface area is 219 Å². The standard InChI is InChI=1S/C27H37N3O6S/c1-6-23(27(32)28-19(2)3)29(17-21-11-8-7-10-20(21)4)26(31)12-9-15-30(37(5,33)34)22-13-14-24-25(16-22)36-18-35-24/h7-8,10-11,13-14,16,19,23H,6,9,12,15,17-18H2,1-5H3,(H,28,32)/t23-/m0/s1. The van der Waals surface area contributed by atoms with Gasteiger partial charge in [0.15, 0.2) is 11.5 Å². The van der Waals surface area contributed by atoms with Gasteiger partial charge in [0, 0.05) is 31.6 Å². The number of sulfonamides is 1. The molecule has 1 heterocycles. The molecular formula is C27H37N3O6S. The summed E-state index contributed by atoms with van der Waals surface area (Å²) in [7, 11) is -3.61. The number of fused-ring (bicyclic) bond motifs is 1. The number of amides is 2. The average molecular weight is 532 g/mol. The third kappa shape index (κ3) is 7.38. The minimum Gasteiger partial charge on any atom is -0.454 e. The molecule has 10 heteroatoms. The monoisotopic (exact) mass is 531 g/mol. The highest BCUT2D eigenvalue weighted by Gasteiger charge is 2.29. The molecule has 1 aliphatic heterocycles. The van der Waals surface area contributed by atoms with Crippen molar-refractivity contribution in [3.63, 3.8) is 0 Å². The van der Waals surface area contributed by atoms with E-state index in [4.69, 9.17) is 9.47 Å². The van der Waals surface area contributed by atoms with Crippen LogP contribution < -0.4 is 19.1 Å². The van der Waals surface area contributed by atoms with Crippen LogP contribution in [0.25, 0.3) is 0 Å². The molecule has 0 saturated carbocycles. The molecule has 0 unspecified atom stereocenters. The summed E-state index contributed by atoms with van der Waals surface area (Å²) < 4.78 is 37.1. The summed E-state index contributed by atoms with van der Waals surface area (Å²) in [6.45, 7) is 8.12. The minimum atomic E-state index is -3.61. The molecule has 202 valence electrons. The first kappa shape index (κ1) is 28.3. The van der Waals surface area contributed by atoms with Crippen molar-refractivity contribution in [2.75, 3.05) is 23.9 Å². The van der Waals surface area contributed by atoms with E-state index >= 15 is 0 Å². The van der Waals surface area contributed by atoms with E-state index in [1.165, 1.54) is 4.31 Å². The first-order valence-corrected chi connectivity index (χ1v) is 14.4. The van der Waals surface area contributed by atoms with Gasteiger partial charge in [-0.05, 0) is 56.9 Å². The summed E-state index contributed by atoms with van der Waals surface area (Å²) in [4.78, 5) is 28.1. The third-order valence-electron chi connectivity index (χ3n) is 6.22. The largest absolute Gasteiger partial charge is 0.454 e. The Morgan fingerprint density at radius 1 is 1.08 bits per heavy atom. The van der Waals surface area contributed by atoms with E-state index in [0.29, 0.717) is 30.2 Å². The molecule has 2 aromatic carbocycles. The number of aryl methyl sites for hydroxylation is 1. The highest BCUT2D eigenvalue weighted by Crippen LogP contribution is 2.36. The number of benzene rings is 2. The van der Waals surface area contributed by atoms with E-state index in [9.17, 15) is 18.0 Å². The predicted octanol–water partition coefficient (Wildman–Crippen LogP) is 3.60. The van der Waals surface area contributed by atoms with Gasteiger partial charge < -0.3 is 19.7 Å². The van der Waals surface area contributed by atoms with Crippen LogP contribution in [0.3, 0.4) is 0 Å². The van der Waals surface area contributed by atoms with Gasteiger partial charge in [0.25, 0.3) is 0 Å². The van der Waals surface area contributed by atoms with Gasteiger partial charge in [-0.3, -0.25) is 13.9 Å². The van der Waals surface area contributed by atoms with Crippen molar-refractivity contribution < 1.29 is 27.5 Å². The predicted molar refractivity (Wildman–Crippen MR) is 143 cm³/mol. The van der Waals surface area contributed by atoms with Crippen molar-refractivity contribution in [2.24, 2.45) is 0 Å². The van der Waals surface area contributed by atoms with Crippen LogP contribution >= 0.6 is 0 Å². The quantitative estimate of drug-likeness (QED) is 0.449. The van der Waals surface area contributed by atoms with Gasteiger partial charge >= 0.3 is 0 Å². The molecule has 0 fully saturated rings. The fourth-order valence-corrected chi connectivity index (χ4v) is 5.27. The normalized spacial score (nSPS) is 13.4. The highest BCUT2D eigenvalue weighted by atomic mass is 32.2. The lowest BCUT2D eigenvalue weighted by molar-refractivity contribution is -0.141. The van der Waals surface area contributed by atoms with Gasteiger partial charge in [-0.15, -0.1) is 0 Å². The topological polar surface area (TPSA) is 105 Å². The van der Waals surface area contributed by atoms with Crippen LogP contribution in [0.15, 0.2) is 42.5 Å². The molecule has 0 spiro atoms. The Balaban J connectivity index is 1.77. The smallest absolute Gasteiger partial charge is 0.243 e. The van der Waals surface area contributed by atoms with E-state index in [1.807, 2.05) is 52.0 Å². The maximum Gasteiger partial charge on any atom is 0.243 e. The molecule has 1 aliphatic rings. The first-order valence-electron chi connectivity index (χ1n) is 12.5. The lowest BCUT2D eigenvalue weighted by Crippen LogP contribution is -2.50. The number of nitrogens with one attached hydrogen (secondary N) is 1. The van der Waals surface area contributed by atoms with Gasteiger partial charge in [0.1, 0.15) is 6.04 Å². The maximum atomic E-state index is 13.5. The molecule has 3 rings (SSSR count). The summed E-state index contributed by atoms with van der Waals surface area (Å²) in [5, 5.41) is 2.92. The third-order valence-corrected chi connectivity index (χ3v) is 7.41. The molecule has 0 aliphatic carbocycles. The lowest BCUT2D eigenvalue weighted by atomic mass is 10.0. The van der Waals surface area contributed by atoms with Gasteiger partial charge in [-0.1, -0.05) is 31.2 Å². The molecule has 2 aromatic rings. The Bertz CT molecular complexity index is 1210. The van der Waals surface area contributed by atoms with E-state index in [1.54, 1.807) is 23.1 Å². The van der Waals surface area contributed by atoms with E-state index < -0.39 is 16.1 Å². The fourth-order valence-electron chi connectivity index (χ4n) is 4.32. The van der Waals surface area contributed by atoms with Crippen LogP contribution in [-0.4, -0.2) is 56.8 Å². The Morgan fingerprint density at radius 2 is 1.78 bits per heavy atom. The molecule has 0 radical (unpaired) electrons. The zero-order chi connectivity index (χ0) is 27.2. The fraction of sp³-hybridized carbons (Fsp3) is 0.481. The van der Waals surface area contributed by atoms with Crippen LogP contribution in [0.1, 0.15) is 51.2 Å². The summed E-state index contributed by atoms with van der Waals surface area (Å²) in [5.41, 5.74) is 2.44. The van der Waals surface area contributed by atoms with Crippen molar-refractivity contribution in [1.82, 2.24) is 10.2 Å². The molecule has 1 atom stereocenters. The molecule has 9 nitrogen and oxygen atoms in total. The number of hydrogen-bond acceptors (Lipinski definition) is 6. The second-order valence-corrected chi connectivity index (χ2v) is 11.4. The van der Waals surface area contributed by atoms with Crippen LogP contribution in [0.2, 0.25) is 0 Å². The van der Waals surface area contributed by atoms with E-state index in [0.717, 1.165) is 17.4 Å². The number of carbonyl (C=O) groups is 2. The molecule has 1 N–H and O–H groups in total. The molecule has 0 saturated heterocycles. The van der Waals surface area contributed by atoms with Crippen molar-refractivity contribution in [1.29, 1.82) is 0 Å². The number of hydrogen-bond donors (Lipinski definition) is 1. The van der Waals surface area contributed by atoms with E-state index in [2.05, 4.69) is 5.32 Å². The molecule has 0 aromatic heterocycles. The first-order chi connectivity index (χ1) is 17.5. The highest BCUT2D eigenvalue weighted by molar-refractivity contribution is 7.92. The van der Waals surface area contributed by atoms with Gasteiger partial charge in [0.2, 0.25) is 28.6 Å². The summed E-state index contributed by atoms with van der Waals surface area (Å²) in [6.07, 6.45) is 1.97. The van der Waals surface area contributed by atoms with Gasteiger partial charge in [-0.2, -0.15) is 0 Å². The molecule has 2 amide bonds. The number of rotatable bonds is 12. The molecular weight excluding hydrogens is 494 g/mol. The van der Waals surface area contributed by atoms with E-state index in [-0.39, 0.29) is 44.0 Å². The second-order valence-electron chi connectivity index (χ2n) is 9.51. The number of carbonyl (C=O) groups excluding carboxylic acids is 2. The summed E-state index contributed by atoms with van der Waals surface area (Å²) >= 11 is 0. The van der Waals surface area contributed by atoms with Crippen molar-refractivity contribution in [2.45, 2.75) is 65.6 Å². The Hall–Kier alpha value is -3.27. The maximum absolute atomic E-state index is 13.5. The molecule has 0 bridgehead atoms. The van der Waals surface area contributed by atoms with Crippen LogP contribution in [-0.2, 0) is 26.2 Å². The van der Waals surface area contributed by atoms with Crippen molar-refractivity contribution in [3.8, 4) is 11.5 Å². The van der Waals surface area contributed by atoms with Crippen LogP contribution in [0, 0.1) is 6.92 Å².